The summed E-state index contributed by atoms with van der Waals surface area (Å²) in [6, 6.07) is 16.0. The molecule has 0 bridgehead atoms. The van der Waals surface area contributed by atoms with E-state index in [2.05, 4.69) is 19.1 Å². The molecule has 0 unspecified atom stereocenters. The third kappa shape index (κ3) is 3.80. The summed E-state index contributed by atoms with van der Waals surface area (Å²) in [6.45, 7) is 2.65. The van der Waals surface area contributed by atoms with Gasteiger partial charge in [0.2, 0.25) is 0 Å². The predicted molar refractivity (Wildman–Crippen MR) is 82.5 cm³/mol. The highest BCUT2D eigenvalue weighted by molar-refractivity contribution is 7.80. The van der Waals surface area contributed by atoms with Crippen LogP contribution in [0, 0.1) is 0 Å². The third-order valence-corrected chi connectivity index (χ3v) is 3.16. The molecule has 0 heterocycles. The molecule has 0 aromatic heterocycles. The van der Waals surface area contributed by atoms with Crippen molar-refractivity contribution in [1.29, 1.82) is 0 Å². The fourth-order valence-electron chi connectivity index (χ4n) is 1.84. The van der Waals surface area contributed by atoms with Gasteiger partial charge >= 0.3 is 0 Å². The summed E-state index contributed by atoms with van der Waals surface area (Å²) in [7, 11) is 0. The molecule has 0 saturated carbocycles. The van der Waals surface area contributed by atoms with E-state index in [0.717, 1.165) is 23.3 Å². The van der Waals surface area contributed by atoms with Crippen LogP contribution in [0.3, 0.4) is 0 Å². The number of rotatable bonds is 5. The molecular weight excluding hydrogens is 254 g/mol. The van der Waals surface area contributed by atoms with Gasteiger partial charge in [0.15, 0.2) is 0 Å². The molecule has 0 atom stereocenters. The summed E-state index contributed by atoms with van der Waals surface area (Å²) in [6.07, 6.45) is 1.01. The van der Waals surface area contributed by atoms with Gasteiger partial charge < -0.3 is 10.5 Å². The van der Waals surface area contributed by atoms with Gasteiger partial charge in [-0.3, -0.25) is 0 Å². The van der Waals surface area contributed by atoms with E-state index in [0.29, 0.717) is 11.6 Å². The normalized spacial score (nSPS) is 10.2. The predicted octanol–water partition coefficient (Wildman–Crippen LogP) is 3.46. The van der Waals surface area contributed by atoms with E-state index in [1.54, 1.807) is 0 Å². The van der Waals surface area contributed by atoms with Crippen LogP contribution in [-0.2, 0) is 13.0 Å². The van der Waals surface area contributed by atoms with Crippen LogP contribution in [0.1, 0.15) is 23.6 Å². The van der Waals surface area contributed by atoms with Crippen molar-refractivity contribution in [3.8, 4) is 5.75 Å². The first-order chi connectivity index (χ1) is 9.19. The monoisotopic (exact) mass is 271 g/mol. The van der Waals surface area contributed by atoms with Crippen molar-refractivity contribution in [2.75, 3.05) is 0 Å². The zero-order valence-corrected chi connectivity index (χ0v) is 11.7. The van der Waals surface area contributed by atoms with Gasteiger partial charge in [-0.2, -0.15) is 0 Å². The summed E-state index contributed by atoms with van der Waals surface area (Å²) >= 11 is 4.97. The minimum Gasteiger partial charge on any atom is -0.489 e. The maximum Gasteiger partial charge on any atom is 0.120 e. The average Bonchev–Trinajstić information content (AvgIpc) is 2.45. The average molecular weight is 271 g/mol. The topological polar surface area (TPSA) is 35.2 Å². The minimum atomic E-state index is 0.412. The molecule has 0 aliphatic carbocycles. The largest absolute Gasteiger partial charge is 0.489 e. The molecule has 0 aliphatic heterocycles. The Bertz CT molecular complexity index is 580. The number of ether oxygens (including phenoxy) is 1. The lowest BCUT2D eigenvalue weighted by Crippen LogP contribution is -2.09. The SMILES string of the molecule is CCc1cccc(OCc2cccc(C(N)=S)c2)c1. The van der Waals surface area contributed by atoms with Crippen molar-refractivity contribution in [3.63, 3.8) is 0 Å². The molecule has 2 rings (SSSR count). The second-order valence-electron chi connectivity index (χ2n) is 4.35. The second kappa shape index (κ2) is 6.34. The van der Waals surface area contributed by atoms with Crippen LogP contribution in [-0.4, -0.2) is 4.99 Å². The number of hydrogen-bond acceptors (Lipinski definition) is 2. The van der Waals surface area contributed by atoms with Gasteiger partial charge in [-0.25, -0.2) is 0 Å². The Morgan fingerprint density at radius 2 is 1.84 bits per heavy atom. The van der Waals surface area contributed by atoms with Crippen LogP contribution >= 0.6 is 12.2 Å². The van der Waals surface area contributed by atoms with Gasteiger partial charge in [-0.15, -0.1) is 0 Å². The summed E-state index contributed by atoms with van der Waals surface area (Å²) in [5.41, 5.74) is 8.83. The summed E-state index contributed by atoms with van der Waals surface area (Å²) < 4.78 is 5.79. The van der Waals surface area contributed by atoms with Gasteiger partial charge in [0.25, 0.3) is 0 Å². The summed E-state index contributed by atoms with van der Waals surface area (Å²) in [5.74, 6) is 0.889. The number of nitrogens with two attached hydrogens (primary N) is 1. The first kappa shape index (κ1) is 13.6. The molecule has 0 fully saturated rings. The van der Waals surface area contributed by atoms with Crippen molar-refractivity contribution >= 4 is 17.2 Å². The molecule has 0 amide bonds. The number of thiocarbonyl (C=S) groups is 1. The van der Waals surface area contributed by atoms with E-state index >= 15 is 0 Å². The lowest BCUT2D eigenvalue weighted by Gasteiger charge is -2.08. The fourth-order valence-corrected chi connectivity index (χ4v) is 1.96. The Morgan fingerprint density at radius 1 is 1.11 bits per heavy atom. The van der Waals surface area contributed by atoms with Gasteiger partial charge in [0.1, 0.15) is 17.3 Å². The van der Waals surface area contributed by atoms with Crippen LogP contribution in [0.15, 0.2) is 48.5 Å². The second-order valence-corrected chi connectivity index (χ2v) is 4.79. The van der Waals surface area contributed by atoms with Crippen molar-refractivity contribution in [2.24, 2.45) is 5.73 Å². The van der Waals surface area contributed by atoms with Crippen LogP contribution in [0.5, 0.6) is 5.75 Å². The Hall–Kier alpha value is -1.87. The van der Waals surface area contributed by atoms with E-state index in [4.69, 9.17) is 22.7 Å². The first-order valence-electron chi connectivity index (χ1n) is 6.29. The van der Waals surface area contributed by atoms with Crippen LogP contribution in [0.4, 0.5) is 0 Å². The van der Waals surface area contributed by atoms with Crippen molar-refractivity contribution in [3.05, 3.63) is 65.2 Å². The molecular formula is C16H17NOS. The summed E-state index contributed by atoms with van der Waals surface area (Å²) in [5, 5.41) is 0. The molecule has 0 spiro atoms. The smallest absolute Gasteiger partial charge is 0.120 e. The number of aryl methyl sites for hydroxylation is 1. The zero-order valence-electron chi connectivity index (χ0n) is 10.9. The molecule has 98 valence electrons. The molecule has 0 saturated heterocycles. The van der Waals surface area contributed by atoms with Gasteiger partial charge in [0.05, 0.1) is 0 Å². The van der Waals surface area contributed by atoms with Crippen molar-refractivity contribution in [1.82, 2.24) is 0 Å². The van der Waals surface area contributed by atoms with E-state index in [9.17, 15) is 0 Å². The van der Waals surface area contributed by atoms with Gasteiger partial charge in [-0.1, -0.05) is 49.5 Å². The Morgan fingerprint density at radius 3 is 2.58 bits per heavy atom. The zero-order chi connectivity index (χ0) is 13.7. The van der Waals surface area contributed by atoms with Crippen LogP contribution < -0.4 is 10.5 Å². The molecule has 19 heavy (non-hydrogen) atoms. The highest BCUT2D eigenvalue weighted by atomic mass is 32.1. The van der Waals surface area contributed by atoms with E-state index in [1.807, 2.05) is 36.4 Å². The van der Waals surface area contributed by atoms with Crippen molar-refractivity contribution in [2.45, 2.75) is 20.0 Å². The third-order valence-electron chi connectivity index (χ3n) is 2.92. The standard InChI is InChI=1S/C16H17NOS/c1-2-12-5-4-8-15(10-12)18-11-13-6-3-7-14(9-13)16(17)19/h3-10H,2,11H2,1H3,(H2,17,19). The lowest BCUT2D eigenvalue weighted by atomic mass is 10.1. The number of benzene rings is 2. The van der Waals surface area contributed by atoms with Crippen LogP contribution in [0.2, 0.25) is 0 Å². The lowest BCUT2D eigenvalue weighted by molar-refractivity contribution is 0.306. The highest BCUT2D eigenvalue weighted by Crippen LogP contribution is 2.16. The molecule has 3 heteroatoms. The quantitative estimate of drug-likeness (QED) is 0.846. The van der Waals surface area contributed by atoms with Crippen LogP contribution in [0.25, 0.3) is 0 Å². The minimum absolute atomic E-state index is 0.412. The molecule has 0 radical (unpaired) electrons. The number of hydrogen-bond donors (Lipinski definition) is 1. The molecule has 2 N–H and O–H groups in total. The van der Waals surface area contributed by atoms with Gasteiger partial charge in [0, 0.05) is 5.56 Å². The van der Waals surface area contributed by atoms with E-state index < -0.39 is 0 Å². The van der Waals surface area contributed by atoms with Crippen molar-refractivity contribution < 1.29 is 4.74 Å². The Kier molecular flexibility index (Phi) is 4.53. The molecule has 2 aromatic carbocycles. The maximum absolute atomic E-state index is 5.79. The molecule has 2 aromatic rings. The highest BCUT2D eigenvalue weighted by Gasteiger charge is 2.00. The van der Waals surface area contributed by atoms with E-state index in [1.165, 1.54) is 5.56 Å². The maximum atomic E-state index is 5.79. The van der Waals surface area contributed by atoms with E-state index in [-0.39, 0.29) is 0 Å². The molecule has 2 nitrogen and oxygen atoms in total. The first-order valence-corrected chi connectivity index (χ1v) is 6.70. The van der Waals surface area contributed by atoms with Gasteiger partial charge in [-0.05, 0) is 35.7 Å². The fraction of sp³-hybridized carbons (Fsp3) is 0.188. The Balaban J connectivity index is 2.05. The summed E-state index contributed by atoms with van der Waals surface area (Å²) in [4.78, 5) is 0.412. The Labute approximate surface area is 119 Å². The molecule has 0 aliphatic rings.